The standard InChI is InChI=1S/C52H97O13P/c1-3-5-7-9-11-13-15-17-19-20-21-22-23-24-25-26-27-29-30-32-34-36-38-40-45(53)62-42-44(43-63-66(60,61)65-52-50(58)48(56)47(55)49(57)51(52)59)64-46(54)41-39-37-35-33-31-28-18-16-14-12-10-8-6-4-2/h10,12,16,18,44,47-52,55-59H,3-9,11,13-15,17,19-43H2,1-2H3,(H,60,61)/b12-10+,18-16+/t44-,47?,48-,49?,50?,51?,52?/m0/s1. The highest BCUT2D eigenvalue weighted by atomic mass is 31.2. The van der Waals surface area contributed by atoms with Crippen molar-refractivity contribution in [3.8, 4) is 0 Å². The highest BCUT2D eigenvalue weighted by Crippen LogP contribution is 2.47. The fourth-order valence-corrected chi connectivity index (χ4v) is 9.22. The van der Waals surface area contributed by atoms with Gasteiger partial charge in [0.15, 0.2) is 6.10 Å². The number of ether oxygens (including phenoxy) is 2. The van der Waals surface area contributed by atoms with Gasteiger partial charge >= 0.3 is 19.8 Å². The SMILES string of the molecule is CCCC/C=C/C/C=C/CCCCCCCC(=O)O[C@@H](COC(=O)CCCCCCCCCCCCCCCCCCCCCCCCC)COP(=O)(O)OC1C(O)C(O)C(O)[C@H](O)C1O. The smallest absolute Gasteiger partial charge is 0.462 e. The van der Waals surface area contributed by atoms with Gasteiger partial charge in [-0.1, -0.05) is 212 Å². The number of rotatable bonds is 45. The molecular weight excluding hydrogens is 864 g/mol. The molecule has 0 heterocycles. The zero-order valence-corrected chi connectivity index (χ0v) is 42.4. The first-order valence-corrected chi connectivity index (χ1v) is 28.1. The molecule has 66 heavy (non-hydrogen) atoms. The average molecular weight is 961 g/mol. The second kappa shape index (κ2) is 42.2. The largest absolute Gasteiger partial charge is 0.472 e. The fraction of sp³-hybridized carbons (Fsp3) is 0.885. The summed E-state index contributed by atoms with van der Waals surface area (Å²) in [5, 5.41) is 50.3. The molecule has 1 rings (SSSR count). The highest BCUT2D eigenvalue weighted by Gasteiger charge is 2.51. The molecule has 0 aliphatic heterocycles. The lowest BCUT2D eigenvalue weighted by molar-refractivity contribution is -0.220. The van der Waals surface area contributed by atoms with E-state index in [1.165, 1.54) is 135 Å². The summed E-state index contributed by atoms with van der Waals surface area (Å²) in [6.07, 6.45) is 35.2. The number of phosphoric ester groups is 1. The summed E-state index contributed by atoms with van der Waals surface area (Å²) in [4.78, 5) is 35.8. The van der Waals surface area contributed by atoms with E-state index in [0.29, 0.717) is 12.8 Å². The van der Waals surface area contributed by atoms with E-state index in [0.717, 1.165) is 64.2 Å². The van der Waals surface area contributed by atoms with Crippen molar-refractivity contribution in [2.24, 2.45) is 0 Å². The molecule has 1 aliphatic rings. The Morgan fingerprint density at radius 2 is 0.833 bits per heavy atom. The second-order valence-corrected chi connectivity index (χ2v) is 20.1. The zero-order valence-electron chi connectivity index (χ0n) is 41.5. The van der Waals surface area contributed by atoms with Crippen molar-refractivity contribution < 1.29 is 63.1 Å². The average Bonchev–Trinajstić information content (AvgIpc) is 3.30. The Hall–Kier alpha value is -1.67. The van der Waals surface area contributed by atoms with Gasteiger partial charge in [0, 0.05) is 12.8 Å². The minimum absolute atomic E-state index is 0.0834. The van der Waals surface area contributed by atoms with Gasteiger partial charge in [0.05, 0.1) is 6.61 Å². The Labute approximate surface area is 400 Å². The Kier molecular flexibility index (Phi) is 39.9. The molecule has 14 heteroatoms. The number of unbranched alkanes of at least 4 members (excludes halogenated alkanes) is 29. The molecule has 0 aromatic carbocycles. The molecule has 0 radical (unpaired) electrons. The van der Waals surface area contributed by atoms with Crippen molar-refractivity contribution in [1.82, 2.24) is 0 Å². The lowest BCUT2D eigenvalue weighted by Crippen LogP contribution is -2.64. The first-order valence-electron chi connectivity index (χ1n) is 26.6. The summed E-state index contributed by atoms with van der Waals surface area (Å²) in [6, 6.07) is 0. The van der Waals surface area contributed by atoms with E-state index >= 15 is 0 Å². The van der Waals surface area contributed by atoms with Crippen LogP contribution in [0.3, 0.4) is 0 Å². The maximum Gasteiger partial charge on any atom is 0.472 e. The van der Waals surface area contributed by atoms with Crippen molar-refractivity contribution in [2.75, 3.05) is 13.2 Å². The molecule has 6 N–H and O–H groups in total. The summed E-state index contributed by atoms with van der Waals surface area (Å²) >= 11 is 0. The topological polar surface area (TPSA) is 210 Å². The molecule has 13 nitrogen and oxygen atoms in total. The van der Waals surface area contributed by atoms with Crippen LogP contribution in [0.25, 0.3) is 0 Å². The van der Waals surface area contributed by atoms with Crippen LogP contribution in [0.2, 0.25) is 0 Å². The minimum Gasteiger partial charge on any atom is -0.462 e. The van der Waals surface area contributed by atoms with Crippen LogP contribution in [0, 0.1) is 0 Å². The lowest BCUT2D eigenvalue weighted by atomic mass is 9.85. The molecule has 0 bridgehead atoms. The Bertz CT molecular complexity index is 1250. The van der Waals surface area contributed by atoms with Gasteiger partial charge in [-0.3, -0.25) is 18.6 Å². The van der Waals surface area contributed by atoms with Crippen LogP contribution in [0.4, 0.5) is 0 Å². The van der Waals surface area contributed by atoms with Gasteiger partial charge in [-0.25, -0.2) is 4.57 Å². The molecule has 8 atom stereocenters. The first-order chi connectivity index (χ1) is 31.9. The van der Waals surface area contributed by atoms with Gasteiger partial charge < -0.3 is 39.9 Å². The van der Waals surface area contributed by atoms with Crippen molar-refractivity contribution in [3.63, 3.8) is 0 Å². The first kappa shape index (κ1) is 62.3. The molecule has 0 amide bonds. The van der Waals surface area contributed by atoms with Gasteiger partial charge in [0.25, 0.3) is 0 Å². The zero-order chi connectivity index (χ0) is 48.5. The predicted octanol–water partition coefficient (Wildman–Crippen LogP) is 11.6. The van der Waals surface area contributed by atoms with Crippen molar-refractivity contribution in [3.05, 3.63) is 24.3 Å². The molecule has 6 unspecified atom stereocenters. The normalized spacial score (nSPS) is 21.4. The van der Waals surface area contributed by atoms with Crippen LogP contribution in [0.15, 0.2) is 24.3 Å². The molecule has 1 aliphatic carbocycles. The van der Waals surface area contributed by atoms with E-state index in [2.05, 4.69) is 38.2 Å². The van der Waals surface area contributed by atoms with Crippen LogP contribution in [-0.4, -0.2) is 98.3 Å². The molecule has 1 fully saturated rings. The van der Waals surface area contributed by atoms with E-state index in [4.69, 9.17) is 18.5 Å². The van der Waals surface area contributed by atoms with Crippen molar-refractivity contribution in [1.29, 1.82) is 0 Å². The van der Waals surface area contributed by atoms with E-state index in [1.54, 1.807) is 0 Å². The van der Waals surface area contributed by atoms with E-state index in [-0.39, 0.29) is 12.8 Å². The number of aliphatic hydroxyl groups is 5. The predicted molar refractivity (Wildman–Crippen MR) is 263 cm³/mol. The van der Waals surface area contributed by atoms with Crippen LogP contribution in [-0.2, 0) is 32.7 Å². The third kappa shape index (κ3) is 33.8. The number of carbonyl (C=O) groups excluding carboxylic acids is 2. The third-order valence-corrected chi connectivity index (χ3v) is 13.5. The Morgan fingerprint density at radius 3 is 1.27 bits per heavy atom. The fourth-order valence-electron chi connectivity index (χ4n) is 8.25. The number of hydrogen-bond donors (Lipinski definition) is 6. The van der Waals surface area contributed by atoms with E-state index in [1.807, 2.05) is 0 Å². The molecule has 388 valence electrons. The van der Waals surface area contributed by atoms with Crippen molar-refractivity contribution in [2.45, 2.75) is 281 Å². The van der Waals surface area contributed by atoms with Crippen LogP contribution in [0.1, 0.15) is 239 Å². The van der Waals surface area contributed by atoms with Crippen molar-refractivity contribution >= 4 is 19.8 Å². The van der Waals surface area contributed by atoms with Gasteiger partial charge in [-0.05, 0) is 38.5 Å². The van der Waals surface area contributed by atoms with Gasteiger partial charge in [0.1, 0.15) is 43.2 Å². The lowest BCUT2D eigenvalue weighted by Gasteiger charge is -2.41. The molecule has 0 saturated heterocycles. The second-order valence-electron chi connectivity index (χ2n) is 18.7. The Morgan fingerprint density at radius 1 is 0.470 bits per heavy atom. The van der Waals surface area contributed by atoms with Gasteiger partial charge in [-0.15, -0.1) is 0 Å². The quantitative estimate of drug-likeness (QED) is 0.0145. The number of hydrogen-bond acceptors (Lipinski definition) is 12. The monoisotopic (exact) mass is 961 g/mol. The van der Waals surface area contributed by atoms with Gasteiger partial charge in [-0.2, -0.15) is 0 Å². The molecule has 0 aromatic rings. The highest BCUT2D eigenvalue weighted by molar-refractivity contribution is 7.47. The number of esters is 2. The number of phosphoric acid groups is 1. The van der Waals surface area contributed by atoms with E-state index in [9.17, 15) is 44.6 Å². The third-order valence-electron chi connectivity index (χ3n) is 12.5. The van der Waals surface area contributed by atoms with Crippen LogP contribution < -0.4 is 0 Å². The summed E-state index contributed by atoms with van der Waals surface area (Å²) < 4.78 is 33.6. The van der Waals surface area contributed by atoms with Crippen LogP contribution in [0.5, 0.6) is 0 Å². The molecular formula is C52H97O13P. The number of aliphatic hydroxyl groups excluding tert-OH is 5. The molecule has 0 aromatic heterocycles. The van der Waals surface area contributed by atoms with Crippen LogP contribution >= 0.6 is 7.82 Å². The molecule has 0 spiro atoms. The maximum atomic E-state index is 12.8. The van der Waals surface area contributed by atoms with Gasteiger partial charge in [0.2, 0.25) is 0 Å². The maximum absolute atomic E-state index is 12.8. The number of carbonyl (C=O) groups is 2. The summed E-state index contributed by atoms with van der Waals surface area (Å²) in [7, 11) is -5.12. The molecule has 1 saturated carbocycles. The number of allylic oxidation sites excluding steroid dienone is 4. The summed E-state index contributed by atoms with van der Waals surface area (Å²) in [5.41, 5.74) is 0. The summed E-state index contributed by atoms with van der Waals surface area (Å²) in [5.74, 6) is -1.10. The summed E-state index contributed by atoms with van der Waals surface area (Å²) in [6.45, 7) is 3.28. The van der Waals surface area contributed by atoms with E-state index < -0.39 is 75.7 Å². The minimum atomic E-state index is -5.12. The Balaban J connectivity index is 2.33.